The highest BCUT2D eigenvalue weighted by Crippen LogP contribution is 2.26. The molecule has 1 atom stereocenters. The number of rotatable bonds is 3. The Labute approximate surface area is 84.9 Å². The lowest BCUT2D eigenvalue weighted by molar-refractivity contribution is 0.0931. The molecule has 0 aliphatic rings. The quantitative estimate of drug-likeness (QED) is 0.743. The summed E-state index contributed by atoms with van der Waals surface area (Å²) in [5.41, 5.74) is 0. The Kier molecular flexibility index (Phi) is 3.47. The Hall–Kier alpha value is -0.150. The van der Waals surface area contributed by atoms with Crippen LogP contribution >= 0.6 is 27.3 Å². The number of thiophene rings is 1. The van der Waals surface area contributed by atoms with E-state index < -0.39 is 0 Å². The zero-order valence-corrected chi connectivity index (χ0v) is 9.54. The Bertz CT molecular complexity index is 280. The molecule has 0 aliphatic carbocycles. The van der Waals surface area contributed by atoms with Gasteiger partial charge in [0.25, 0.3) is 0 Å². The lowest BCUT2D eigenvalue weighted by atomic mass is 10.0. The highest BCUT2D eigenvalue weighted by Gasteiger charge is 2.16. The van der Waals surface area contributed by atoms with Crippen molar-refractivity contribution in [2.75, 3.05) is 0 Å². The molecule has 1 unspecified atom stereocenters. The van der Waals surface area contributed by atoms with Crippen LogP contribution in [0.25, 0.3) is 0 Å². The van der Waals surface area contributed by atoms with Crippen LogP contribution in [0.3, 0.4) is 0 Å². The summed E-state index contributed by atoms with van der Waals surface area (Å²) in [6, 6.07) is 1.92. The van der Waals surface area contributed by atoms with Gasteiger partial charge in [0.2, 0.25) is 0 Å². The Balaban J connectivity index is 2.85. The highest BCUT2D eigenvalue weighted by atomic mass is 79.9. The fraction of sp³-hybridized carbons (Fsp3) is 0.444. The fourth-order valence-electron chi connectivity index (χ4n) is 0.879. The number of carbonyl (C=O) groups excluding carboxylic acids is 1. The van der Waals surface area contributed by atoms with Gasteiger partial charge in [-0.3, -0.25) is 4.79 Å². The zero-order valence-electron chi connectivity index (χ0n) is 7.13. The Morgan fingerprint density at radius 2 is 2.42 bits per heavy atom. The fourth-order valence-corrected chi connectivity index (χ4v) is 2.50. The van der Waals surface area contributed by atoms with E-state index in [-0.39, 0.29) is 11.7 Å². The van der Waals surface area contributed by atoms with Crippen LogP contribution in [0, 0.1) is 5.92 Å². The summed E-state index contributed by atoms with van der Waals surface area (Å²) in [5, 5.41) is 1.93. The zero-order chi connectivity index (χ0) is 9.14. The molecule has 0 N–H and O–H groups in total. The molecule has 0 bridgehead atoms. The van der Waals surface area contributed by atoms with Crippen molar-refractivity contribution in [3.05, 3.63) is 20.8 Å². The maximum Gasteiger partial charge on any atom is 0.176 e. The molecule has 66 valence electrons. The Morgan fingerprint density at radius 3 is 2.83 bits per heavy atom. The van der Waals surface area contributed by atoms with E-state index in [1.165, 1.54) is 11.3 Å². The standard InChI is InChI=1S/C9H11BrOS/c1-3-6(2)8(11)9-7(10)4-5-12-9/h4-6H,3H2,1-2H3. The number of hydrogen-bond donors (Lipinski definition) is 0. The van der Waals surface area contributed by atoms with Gasteiger partial charge < -0.3 is 0 Å². The third-order valence-corrected chi connectivity index (χ3v) is 3.75. The van der Waals surface area contributed by atoms with Crippen molar-refractivity contribution < 1.29 is 4.79 Å². The van der Waals surface area contributed by atoms with Crippen LogP contribution in [0.1, 0.15) is 29.9 Å². The van der Waals surface area contributed by atoms with Crippen LogP contribution in [0.2, 0.25) is 0 Å². The average molecular weight is 247 g/mol. The molecular formula is C9H11BrOS. The second-order valence-corrected chi connectivity index (χ2v) is 4.54. The second kappa shape index (κ2) is 4.19. The summed E-state index contributed by atoms with van der Waals surface area (Å²) in [5.74, 6) is 0.388. The van der Waals surface area contributed by atoms with Gasteiger partial charge in [-0.25, -0.2) is 0 Å². The molecule has 1 aromatic rings. The second-order valence-electron chi connectivity index (χ2n) is 2.77. The topological polar surface area (TPSA) is 17.1 Å². The molecule has 0 aliphatic heterocycles. The van der Waals surface area contributed by atoms with Gasteiger partial charge in [0.1, 0.15) is 0 Å². The molecule has 1 heterocycles. The van der Waals surface area contributed by atoms with E-state index in [9.17, 15) is 4.79 Å². The van der Waals surface area contributed by atoms with Gasteiger partial charge in [0.15, 0.2) is 5.78 Å². The predicted molar refractivity (Wildman–Crippen MR) is 55.8 cm³/mol. The van der Waals surface area contributed by atoms with E-state index in [2.05, 4.69) is 15.9 Å². The molecule has 0 saturated carbocycles. The summed E-state index contributed by atoms with van der Waals surface area (Å²) in [6.45, 7) is 4.00. The molecule has 0 spiro atoms. The first-order valence-corrected chi connectivity index (χ1v) is 5.61. The molecule has 0 aromatic carbocycles. The van der Waals surface area contributed by atoms with Crippen molar-refractivity contribution in [1.29, 1.82) is 0 Å². The van der Waals surface area contributed by atoms with Crippen LogP contribution in [-0.2, 0) is 0 Å². The first-order chi connectivity index (χ1) is 5.66. The maximum absolute atomic E-state index is 11.6. The average Bonchev–Trinajstić information content (AvgIpc) is 2.48. The number of hydrogen-bond acceptors (Lipinski definition) is 2. The monoisotopic (exact) mass is 246 g/mol. The normalized spacial score (nSPS) is 12.9. The van der Waals surface area contributed by atoms with Gasteiger partial charge in [-0.05, 0) is 33.8 Å². The van der Waals surface area contributed by atoms with E-state index >= 15 is 0 Å². The van der Waals surface area contributed by atoms with Gasteiger partial charge in [0, 0.05) is 10.4 Å². The predicted octanol–water partition coefficient (Wildman–Crippen LogP) is 3.74. The van der Waals surface area contributed by atoms with Crippen LogP contribution in [0.4, 0.5) is 0 Å². The molecule has 1 nitrogen and oxygen atoms in total. The van der Waals surface area contributed by atoms with Crippen LogP contribution in [0.5, 0.6) is 0 Å². The molecule has 0 saturated heterocycles. The number of ketones is 1. The Morgan fingerprint density at radius 1 is 1.75 bits per heavy atom. The number of halogens is 1. The lowest BCUT2D eigenvalue weighted by Gasteiger charge is -2.04. The van der Waals surface area contributed by atoms with Crippen molar-refractivity contribution in [3.8, 4) is 0 Å². The van der Waals surface area contributed by atoms with E-state index in [4.69, 9.17) is 0 Å². The number of carbonyl (C=O) groups is 1. The SMILES string of the molecule is CCC(C)C(=O)c1sccc1Br. The van der Waals surface area contributed by atoms with Crippen molar-refractivity contribution in [3.63, 3.8) is 0 Å². The molecule has 1 aromatic heterocycles. The summed E-state index contributed by atoms with van der Waals surface area (Å²) >= 11 is 4.86. The van der Waals surface area contributed by atoms with Crippen LogP contribution < -0.4 is 0 Å². The number of Topliss-reactive ketones (excluding diaryl/α,β-unsaturated/α-hetero) is 1. The van der Waals surface area contributed by atoms with Gasteiger partial charge in [-0.1, -0.05) is 13.8 Å². The lowest BCUT2D eigenvalue weighted by Crippen LogP contribution is -2.08. The molecule has 0 fully saturated rings. The van der Waals surface area contributed by atoms with Crippen molar-refractivity contribution in [2.45, 2.75) is 20.3 Å². The minimum absolute atomic E-state index is 0.139. The molecule has 0 amide bonds. The summed E-state index contributed by atoms with van der Waals surface area (Å²) in [6.07, 6.45) is 0.906. The minimum atomic E-state index is 0.139. The maximum atomic E-state index is 11.6. The van der Waals surface area contributed by atoms with Crippen molar-refractivity contribution in [1.82, 2.24) is 0 Å². The highest BCUT2D eigenvalue weighted by molar-refractivity contribution is 9.10. The van der Waals surface area contributed by atoms with Crippen LogP contribution in [0.15, 0.2) is 15.9 Å². The van der Waals surface area contributed by atoms with Gasteiger partial charge in [-0.2, -0.15) is 0 Å². The van der Waals surface area contributed by atoms with E-state index in [0.29, 0.717) is 0 Å². The van der Waals surface area contributed by atoms with E-state index in [1.807, 2.05) is 25.3 Å². The third kappa shape index (κ3) is 1.96. The first-order valence-electron chi connectivity index (χ1n) is 3.94. The van der Waals surface area contributed by atoms with E-state index in [1.54, 1.807) is 0 Å². The van der Waals surface area contributed by atoms with Gasteiger partial charge >= 0.3 is 0 Å². The van der Waals surface area contributed by atoms with E-state index in [0.717, 1.165) is 15.8 Å². The first kappa shape index (κ1) is 9.93. The minimum Gasteiger partial charge on any atom is -0.293 e. The summed E-state index contributed by atoms with van der Waals surface area (Å²) < 4.78 is 0.929. The molecule has 12 heavy (non-hydrogen) atoms. The smallest absolute Gasteiger partial charge is 0.176 e. The largest absolute Gasteiger partial charge is 0.293 e. The molecule has 1 rings (SSSR count). The van der Waals surface area contributed by atoms with Gasteiger partial charge in [-0.15, -0.1) is 11.3 Å². The van der Waals surface area contributed by atoms with Gasteiger partial charge in [0.05, 0.1) is 4.88 Å². The third-order valence-electron chi connectivity index (χ3n) is 1.90. The van der Waals surface area contributed by atoms with Crippen molar-refractivity contribution in [2.24, 2.45) is 5.92 Å². The van der Waals surface area contributed by atoms with Crippen LogP contribution in [-0.4, -0.2) is 5.78 Å². The molecular weight excluding hydrogens is 236 g/mol. The van der Waals surface area contributed by atoms with Crippen molar-refractivity contribution >= 4 is 33.0 Å². The molecule has 3 heteroatoms. The summed E-state index contributed by atoms with van der Waals surface area (Å²) in [4.78, 5) is 12.5. The molecule has 0 radical (unpaired) electrons. The summed E-state index contributed by atoms with van der Waals surface area (Å²) in [7, 11) is 0.